The molecule has 5 rings (SSSR count). The Labute approximate surface area is 249 Å². The first-order valence-corrected chi connectivity index (χ1v) is 15.0. The van der Waals surface area contributed by atoms with E-state index in [4.69, 9.17) is 24.2 Å². The second-order valence-electron chi connectivity index (χ2n) is 10.6. The smallest absolute Gasteiger partial charge is 0.229 e. The molecule has 9 nitrogen and oxygen atoms in total. The van der Waals surface area contributed by atoms with Crippen molar-refractivity contribution in [2.24, 2.45) is 5.10 Å². The van der Waals surface area contributed by atoms with Crippen LogP contribution >= 0.6 is 0 Å². The third-order valence-electron chi connectivity index (χ3n) is 7.51. The maximum Gasteiger partial charge on any atom is 0.229 e. The van der Waals surface area contributed by atoms with E-state index >= 15 is 0 Å². The first-order chi connectivity index (χ1) is 20.7. The SMILES string of the molecule is C=CCc1ccc(OCCOc2ccc(/C=N\Nc3cc(N4CCCCC4)nc(N4CCCCC4)n3)cc2)c(OC)c1. The van der Waals surface area contributed by atoms with Crippen molar-refractivity contribution in [2.75, 3.05) is 61.7 Å². The van der Waals surface area contributed by atoms with Crippen LogP contribution in [0.15, 0.2) is 66.3 Å². The molecule has 0 atom stereocenters. The Balaban J connectivity index is 1.14. The van der Waals surface area contributed by atoms with Crippen LogP contribution in [0.3, 0.4) is 0 Å². The lowest BCUT2D eigenvalue weighted by Crippen LogP contribution is -2.33. The van der Waals surface area contributed by atoms with Crippen LogP contribution < -0.4 is 29.4 Å². The highest BCUT2D eigenvalue weighted by molar-refractivity contribution is 5.80. The maximum absolute atomic E-state index is 5.87. The van der Waals surface area contributed by atoms with Gasteiger partial charge in [-0.25, -0.2) is 0 Å². The zero-order valence-electron chi connectivity index (χ0n) is 24.6. The number of nitrogens with zero attached hydrogens (tertiary/aromatic N) is 5. The van der Waals surface area contributed by atoms with Crippen molar-refractivity contribution in [3.8, 4) is 17.2 Å². The molecule has 2 saturated heterocycles. The van der Waals surface area contributed by atoms with Crippen molar-refractivity contribution in [3.05, 3.63) is 72.3 Å². The van der Waals surface area contributed by atoms with Gasteiger partial charge in [0, 0.05) is 32.2 Å². The lowest BCUT2D eigenvalue weighted by molar-refractivity contribution is 0.211. The molecule has 42 heavy (non-hydrogen) atoms. The summed E-state index contributed by atoms with van der Waals surface area (Å²) in [6, 6.07) is 15.7. The number of methoxy groups -OCH3 is 1. The molecule has 2 aliphatic heterocycles. The Morgan fingerprint density at radius 1 is 0.833 bits per heavy atom. The van der Waals surface area contributed by atoms with Crippen molar-refractivity contribution in [3.63, 3.8) is 0 Å². The topological polar surface area (TPSA) is 84.3 Å². The molecule has 0 bridgehead atoms. The van der Waals surface area contributed by atoms with E-state index in [0.717, 1.165) is 61.2 Å². The van der Waals surface area contributed by atoms with Crippen LogP contribution in [-0.4, -0.2) is 62.7 Å². The lowest BCUT2D eigenvalue weighted by atomic mass is 10.1. The molecule has 9 heteroatoms. The fourth-order valence-electron chi connectivity index (χ4n) is 5.26. The molecule has 0 spiro atoms. The number of benzene rings is 2. The molecular formula is C33H42N6O3. The summed E-state index contributed by atoms with van der Waals surface area (Å²) in [5, 5.41) is 4.48. The summed E-state index contributed by atoms with van der Waals surface area (Å²) < 4.78 is 17.2. The maximum atomic E-state index is 5.87. The molecular weight excluding hydrogens is 528 g/mol. The van der Waals surface area contributed by atoms with Crippen molar-refractivity contribution in [1.82, 2.24) is 9.97 Å². The Morgan fingerprint density at radius 3 is 2.26 bits per heavy atom. The minimum atomic E-state index is 0.405. The monoisotopic (exact) mass is 570 g/mol. The number of ether oxygens (including phenoxy) is 3. The van der Waals surface area contributed by atoms with E-state index in [0.29, 0.717) is 30.5 Å². The summed E-state index contributed by atoms with van der Waals surface area (Å²) in [4.78, 5) is 14.4. The number of nitrogens with one attached hydrogen (secondary N) is 1. The average Bonchev–Trinajstić information content (AvgIpc) is 3.05. The van der Waals surface area contributed by atoms with Gasteiger partial charge in [-0.3, -0.25) is 5.43 Å². The quantitative estimate of drug-likeness (QED) is 0.114. The van der Waals surface area contributed by atoms with Crippen LogP contribution in [-0.2, 0) is 6.42 Å². The molecule has 0 unspecified atom stereocenters. The molecule has 1 aromatic heterocycles. The highest BCUT2D eigenvalue weighted by Crippen LogP contribution is 2.28. The van der Waals surface area contributed by atoms with Gasteiger partial charge in [-0.15, -0.1) is 6.58 Å². The molecule has 2 fully saturated rings. The summed E-state index contributed by atoms with van der Waals surface area (Å²) in [5.41, 5.74) is 5.23. The van der Waals surface area contributed by atoms with Crippen molar-refractivity contribution < 1.29 is 14.2 Å². The third-order valence-corrected chi connectivity index (χ3v) is 7.51. The van der Waals surface area contributed by atoms with Gasteiger partial charge in [0.2, 0.25) is 5.95 Å². The fraction of sp³-hybridized carbons (Fsp3) is 0.424. The minimum absolute atomic E-state index is 0.405. The predicted molar refractivity (Wildman–Crippen MR) is 170 cm³/mol. The first-order valence-electron chi connectivity index (χ1n) is 15.0. The zero-order valence-corrected chi connectivity index (χ0v) is 24.6. The van der Waals surface area contributed by atoms with Gasteiger partial charge in [-0.2, -0.15) is 15.1 Å². The summed E-state index contributed by atoms with van der Waals surface area (Å²) in [5.74, 6) is 4.67. The summed E-state index contributed by atoms with van der Waals surface area (Å²) in [6.07, 6.45) is 11.8. The molecule has 3 heterocycles. The molecule has 2 aliphatic rings. The van der Waals surface area contributed by atoms with E-state index in [-0.39, 0.29) is 0 Å². The lowest BCUT2D eigenvalue weighted by Gasteiger charge is -2.31. The first kappa shape index (κ1) is 29.2. The fourth-order valence-corrected chi connectivity index (χ4v) is 5.26. The summed E-state index contributed by atoms with van der Waals surface area (Å²) in [7, 11) is 1.64. The highest BCUT2D eigenvalue weighted by Gasteiger charge is 2.19. The van der Waals surface area contributed by atoms with Crippen LogP contribution in [0, 0.1) is 0 Å². The van der Waals surface area contributed by atoms with E-state index in [1.165, 1.54) is 38.5 Å². The van der Waals surface area contributed by atoms with Crippen LogP contribution in [0.25, 0.3) is 0 Å². The number of anilines is 3. The van der Waals surface area contributed by atoms with Gasteiger partial charge in [-0.1, -0.05) is 12.1 Å². The van der Waals surface area contributed by atoms with Crippen molar-refractivity contribution in [1.29, 1.82) is 0 Å². The largest absolute Gasteiger partial charge is 0.493 e. The van der Waals surface area contributed by atoms with Crippen LogP contribution in [0.4, 0.5) is 17.6 Å². The number of rotatable bonds is 13. The second-order valence-corrected chi connectivity index (χ2v) is 10.6. The molecule has 1 N–H and O–H groups in total. The second kappa shape index (κ2) is 15.1. The van der Waals surface area contributed by atoms with Crippen molar-refractivity contribution >= 4 is 23.8 Å². The Kier molecular flexibility index (Phi) is 10.5. The highest BCUT2D eigenvalue weighted by atomic mass is 16.5. The standard InChI is InChI=1S/C33H42N6O3/c1-3-10-26-13-16-29(30(23-26)40-2)42-22-21-41-28-14-11-27(12-15-28)25-34-37-31-24-32(38-17-6-4-7-18-38)36-33(35-31)39-19-8-5-9-20-39/h3,11-16,23-25H,1,4-10,17-22H2,2H3,(H,35,36,37)/b34-25-. The van der Waals surface area contributed by atoms with Gasteiger partial charge in [0.25, 0.3) is 0 Å². The van der Waals surface area contributed by atoms with Gasteiger partial charge in [0.15, 0.2) is 17.3 Å². The van der Waals surface area contributed by atoms with E-state index < -0.39 is 0 Å². The average molecular weight is 571 g/mol. The summed E-state index contributed by atoms with van der Waals surface area (Å²) >= 11 is 0. The van der Waals surface area contributed by atoms with Gasteiger partial charge in [-0.05, 0) is 92.5 Å². The van der Waals surface area contributed by atoms with Gasteiger partial charge in [0.1, 0.15) is 24.8 Å². The van der Waals surface area contributed by atoms with Crippen LogP contribution in [0.5, 0.6) is 17.2 Å². The molecule has 0 amide bonds. The van der Waals surface area contributed by atoms with Gasteiger partial charge in [0.05, 0.1) is 13.3 Å². The Bertz CT molecular complexity index is 1280. The number of hydrazone groups is 1. The number of hydrogen-bond donors (Lipinski definition) is 1. The van der Waals surface area contributed by atoms with E-state index in [2.05, 4.69) is 26.9 Å². The molecule has 2 aromatic carbocycles. The molecule has 0 radical (unpaired) electrons. The Hall–Kier alpha value is -4.27. The normalized spacial score (nSPS) is 15.5. The molecule has 3 aromatic rings. The number of piperidine rings is 2. The van der Waals surface area contributed by atoms with Gasteiger partial charge < -0.3 is 24.0 Å². The molecule has 222 valence electrons. The van der Waals surface area contributed by atoms with E-state index in [1.807, 2.05) is 54.6 Å². The predicted octanol–water partition coefficient (Wildman–Crippen LogP) is 6.10. The minimum Gasteiger partial charge on any atom is -0.493 e. The van der Waals surface area contributed by atoms with Gasteiger partial charge >= 0.3 is 0 Å². The van der Waals surface area contributed by atoms with Crippen LogP contribution in [0.2, 0.25) is 0 Å². The zero-order chi connectivity index (χ0) is 29.0. The molecule has 0 saturated carbocycles. The van der Waals surface area contributed by atoms with Crippen LogP contribution in [0.1, 0.15) is 49.7 Å². The number of allylic oxidation sites excluding steroid dienone is 1. The van der Waals surface area contributed by atoms with E-state index in [1.54, 1.807) is 13.3 Å². The van der Waals surface area contributed by atoms with Crippen molar-refractivity contribution in [2.45, 2.75) is 44.9 Å². The third kappa shape index (κ3) is 8.15. The number of hydrogen-bond acceptors (Lipinski definition) is 9. The molecule has 0 aliphatic carbocycles. The summed E-state index contributed by atoms with van der Waals surface area (Å²) in [6.45, 7) is 8.69. The van der Waals surface area contributed by atoms with E-state index in [9.17, 15) is 0 Å². The number of aromatic nitrogens is 2. The Morgan fingerprint density at radius 2 is 1.55 bits per heavy atom.